The normalized spacial score (nSPS) is 12.5. The quantitative estimate of drug-likeness (QED) is 0.233. The van der Waals surface area contributed by atoms with E-state index in [0.717, 1.165) is 36.1 Å². The molecule has 0 aliphatic rings. The van der Waals surface area contributed by atoms with Crippen LogP contribution in [0.3, 0.4) is 0 Å². The van der Waals surface area contributed by atoms with E-state index < -0.39 is 12.1 Å². The topological polar surface area (TPSA) is 61.2 Å². The summed E-state index contributed by atoms with van der Waals surface area (Å²) in [5.74, 6) is 0.221. The van der Waals surface area contributed by atoms with Gasteiger partial charge in [0.05, 0.1) is 26.3 Å². The van der Waals surface area contributed by atoms with Gasteiger partial charge in [-0.3, -0.25) is 14.2 Å². The Bertz CT molecular complexity index is 1150. The van der Waals surface area contributed by atoms with E-state index >= 15 is 0 Å². The van der Waals surface area contributed by atoms with Crippen molar-refractivity contribution in [3.63, 3.8) is 0 Å². The van der Waals surface area contributed by atoms with Crippen LogP contribution in [0.5, 0.6) is 0 Å². The van der Waals surface area contributed by atoms with E-state index in [1.807, 2.05) is 48.5 Å². The number of hydrogen-bond acceptors (Lipinski definition) is 7. The van der Waals surface area contributed by atoms with Gasteiger partial charge < -0.3 is 4.74 Å². The van der Waals surface area contributed by atoms with Gasteiger partial charge in [0, 0.05) is 5.75 Å². The van der Waals surface area contributed by atoms with Crippen molar-refractivity contribution >= 4 is 72.4 Å². The van der Waals surface area contributed by atoms with Crippen LogP contribution in [0.4, 0.5) is 0 Å². The molecule has 5 nitrogen and oxygen atoms in total. The molecule has 0 unspecified atom stereocenters. The fraction of sp³-hybridized carbons (Fsp3) is 0.211. The molecule has 0 fully saturated rings. The molecule has 2 aromatic carbocycles. The molecule has 0 spiro atoms. The van der Waals surface area contributed by atoms with Crippen molar-refractivity contribution < 1.29 is 9.53 Å². The van der Waals surface area contributed by atoms with Crippen LogP contribution in [0.2, 0.25) is 0 Å². The van der Waals surface area contributed by atoms with Gasteiger partial charge in [-0.25, -0.2) is 4.98 Å². The first kappa shape index (κ1) is 19.4. The van der Waals surface area contributed by atoms with Crippen LogP contribution in [-0.2, 0) is 16.1 Å². The molecule has 9 heteroatoms. The summed E-state index contributed by atoms with van der Waals surface area (Å²) >= 11 is 10.2. The van der Waals surface area contributed by atoms with Crippen molar-refractivity contribution in [3.8, 4) is 0 Å². The molecule has 4 aromatic rings. The number of ether oxygens (including phenoxy) is 1. The summed E-state index contributed by atoms with van der Waals surface area (Å²) in [5.41, 5.74) is 1.69. The van der Waals surface area contributed by atoms with Crippen molar-refractivity contribution in [2.45, 2.75) is 17.0 Å². The predicted octanol–water partition coefficient (Wildman–Crippen LogP) is 4.62. The van der Waals surface area contributed by atoms with Crippen LogP contribution in [-0.4, -0.2) is 33.3 Å². The molecule has 0 aliphatic heterocycles. The lowest BCUT2D eigenvalue weighted by Gasteiger charge is -2.14. The summed E-state index contributed by atoms with van der Waals surface area (Å²) in [6, 6.07) is 15.3. The van der Waals surface area contributed by atoms with Gasteiger partial charge in [0.2, 0.25) is 0 Å². The summed E-state index contributed by atoms with van der Waals surface area (Å²) < 4.78 is 9.82. The largest absolute Gasteiger partial charge is 0.459 e. The Labute approximate surface area is 177 Å². The molecule has 1 atom stereocenters. The number of esters is 1. The third-order valence-corrected chi connectivity index (χ3v) is 7.61. The van der Waals surface area contributed by atoms with E-state index in [1.165, 1.54) is 16.3 Å². The molecule has 0 saturated carbocycles. The summed E-state index contributed by atoms with van der Waals surface area (Å²) in [6.07, 6.45) is -0.452. The number of rotatable bonds is 7. The zero-order valence-electron chi connectivity index (χ0n) is 14.5. The molecule has 0 bridgehead atoms. The van der Waals surface area contributed by atoms with Crippen molar-refractivity contribution in [3.05, 3.63) is 58.2 Å². The molecule has 144 valence electrons. The zero-order chi connectivity index (χ0) is 19.5. The van der Waals surface area contributed by atoms with Crippen molar-refractivity contribution in [1.82, 2.24) is 9.55 Å². The number of carbonyl (C=O) groups excluding carboxylic acids is 1. The third kappa shape index (κ3) is 4.25. The average Bonchev–Trinajstić information content (AvgIpc) is 3.25. The fourth-order valence-corrected chi connectivity index (χ4v) is 5.98. The van der Waals surface area contributed by atoms with Gasteiger partial charge in [0.15, 0.2) is 4.34 Å². The van der Waals surface area contributed by atoms with Gasteiger partial charge in [-0.1, -0.05) is 47.4 Å². The van der Waals surface area contributed by atoms with Gasteiger partial charge in [0.1, 0.15) is 12.6 Å². The lowest BCUT2D eigenvalue weighted by Crippen LogP contribution is -2.27. The summed E-state index contributed by atoms with van der Waals surface area (Å²) in [6.45, 7) is -0.123. The molecule has 0 N–H and O–H groups in total. The number of hydrogen-bond donors (Lipinski definition) is 0. The monoisotopic (exact) mass is 450 g/mol. The van der Waals surface area contributed by atoms with E-state index in [-0.39, 0.29) is 17.3 Å². The molecule has 28 heavy (non-hydrogen) atoms. The molecule has 2 heterocycles. The smallest absolute Gasteiger partial charge is 0.326 e. The Kier molecular flexibility index (Phi) is 6.01. The molecular weight excluding hydrogens is 436 g/mol. The minimum atomic E-state index is -0.471. The SMILES string of the molecule is O=C(Cn1c(=O)sc2ccccc21)O[C@H](CCl)CSc1nc2ccccc2s1. The van der Waals surface area contributed by atoms with Gasteiger partial charge in [0.25, 0.3) is 0 Å². The number of nitrogens with zero attached hydrogens (tertiary/aromatic N) is 2. The van der Waals surface area contributed by atoms with Crippen LogP contribution in [0.1, 0.15) is 0 Å². The lowest BCUT2D eigenvalue weighted by molar-refractivity contribution is -0.147. The maximum Gasteiger partial charge on any atom is 0.326 e. The molecular formula is C19H15ClN2O3S3. The lowest BCUT2D eigenvalue weighted by atomic mass is 10.3. The van der Waals surface area contributed by atoms with Gasteiger partial charge in [-0.05, 0) is 24.3 Å². The van der Waals surface area contributed by atoms with Crippen LogP contribution in [0, 0.1) is 0 Å². The number of halogens is 1. The highest BCUT2D eigenvalue weighted by Crippen LogP contribution is 2.30. The first-order valence-corrected chi connectivity index (χ1v) is 11.6. The Morgan fingerprint density at radius 3 is 2.68 bits per heavy atom. The average molecular weight is 451 g/mol. The molecule has 0 saturated heterocycles. The third-order valence-electron chi connectivity index (χ3n) is 4.00. The number of thiazole rings is 2. The molecule has 0 radical (unpaired) electrons. The summed E-state index contributed by atoms with van der Waals surface area (Å²) in [5, 5.41) is 0. The highest BCUT2D eigenvalue weighted by atomic mass is 35.5. The fourth-order valence-electron chi connectivity index (χ4n) is 2.70. The van der Waals surface area contributed by atoms with E-state index in [4.69, 9.17) is 16.3 Å². The summed E-state index contributed by atoms with van der Waals surface area (Å²) in [7, 11) is 0. The second kappa shape index (κ2) is 8.65. The van der Waals surface area contributed by atoms with E-state index in [0.29, 0.717) is 5.75 Å². The number of alkyl halides is 1. The summed E-state index contributed by atoms with van der Waals surface area (Å²) in [4.78, 5) is 28.9. The van der Waals surface area contributed by atoms with Gasteiger partial charge >= 0.3 is 10.8 Å². The molecule has 4 rings (SSSR count). The van der Waals surface area contributed by atoms with Gasteiger partial charge in [-0.15, -0.1) is 22.9 Å². The molecule has 0 amide bonds. The van der Waals surface area contributed by atoms with Crippen LogP contribution < -0.4 is 4.87 Å². The van der Waals surface area contributed by atoms with Crippen LogP contribution >= 0.6 is 46.0 Å². The van der Waals surface area contributed by atoms with E-state index in [2.05, 4.69) is 4.98 Å². The first-order valence-electron chi connectivity index (χ1n) is 8.46. The first-order chi connectivity index (χ1) is 13.6. The number of carbonyl (C=O) groups is 1. The van der Waals surface area contributed by atoms with Crippen molar-refractivity contribution in [2.24, 2.45) is 0 Å². The minimum absolute atomic E-state index is 0.123. The van der Waals surface area contributed by atoms with Crippen LogP contribution in [0.25, 0.3) is 20.4 Å². The zero-order valence-corrected chi connectivity index (χ0v) is 17.7. The highest BCUT2D eigenvalue weighted by Gasteiger charge is 2.18. The number of fused-ring (bicyclic) bond motifs is 2. The Morgan fingerprint density at radius 1 is 1.14 bits per heavy atom. The standard InChI is InChI=1S/C19H15ClN2O3S3/c20-9-12(11-26-18-21-13-5-1-3-7-15(13)27-18)25-17(23)10-22-14-6-2-4-8-16(14)28-19(22)24/h1-8,12H,9-11H2/t12-/m1/s1. The van der Waals surface area contributed by atoms with Crippen LogP contribution in [0.15, 0.2) is 57.7 Å². The Hall–Kier alpha value is -1.87. The molecule has 2 aromatic heterocycles. The minimum Gasteiger partial charge on any atom is -0.459 e. The number of benzene rings is 2. The maximum absolute atomic E-state index is 12.4. The van der Waals surface area contributed by atoms with E-state index in [9.17, 15) is 9.59 Å². The second-order valence-corrected chi connectivity index (χ2v) is 9.55. The second-order valence-electron chi connectivity index (χ2n) is 5.95. The molecule has 0 aliphatic carbocycles. The Balaban J connectivity index is 1.39. The van der Waals surface area contributed by atoms with Crippen molar-refractivity contribution in [1.29, 1.82) is 0 Å². The highest BCUT2D eigenvalue weighted by molar-refractivity contribution is 8.01. The van der Waals surface area contributed by atoms with Crippen molar-refractivity contribution in [2.75, 3.05) is 11.6 Å². The number of para-hydroxylation sites is 2. The maximum atomic E-state index is 12.4. The van der Waals surface area contributed by atoms with E-state index in [1.54, 1.807) is 11.3 Å². The predicted molar refractivity (Wildman–Crippen MR) is 117 cm³/mol. The van der Waals surface area contributed by atoms with Gasteiger partial charge in [-0.2, -0.15) is 0 Å². The number of aromatic nitrogens is 2. The number of thioether (sulfide) groups is 1. The Morgan fingerprint density at radius 2 is 1.89 bits per heavy atom.